The van der Waals surface area contributed by atoms with Crippen LogP contribution in [0.15, 0.2) is 24.3 Å². The van der Waals surface area contributed by atoms with Gasteiger partial charge in [-0.05, 0) is 51.0 Å². The third-order valence-corrected chi connectivity index (χ3v) is 8.34. The number of hydrogen-bond acceptors (Lipinski definition) is 4. The topological polar surface area (TPSA) is 86.8 Å². The van der Waals surface area contributed by atoms with Gasteiger partial charge in [0.15, 0.2) is 0 Å². The van der Waals surface area contributed by atoms with Crippen LogP contribution in [-0.4, -0.2) is 55.0 Å². The average Bonchev–Trinajstić information content (AvgIpc) is 2.70. The maximum Gasteiger partial charge on any atom is 0.247 e. The summed E-state index contributed by atoms with van der Waals surface area (Å²) in [6, 6.07) is 6.72. The van der Waals surface area contributed by atoms with Gasteiger partial charge in [-0.15, -0.1) is 0 Å². The molecule has 172 valence electrons. The summed E-state index contributed by atoms with van der Waals surface area (Å²) in [6.45, 7) is 2.81. The second-order valence-corrected chi connectivity index (χ2v) is 11.4. The van der Waals surface area contributed by atoms with Crippen molar-refractivity contribution in [1.82, 2.24) is 9.62 Å². The molecule has 7 nitrogen and oxygen atoms in total. The molecule has 9 heteroatoms. The first-order valence-electron chi connectivity index (χ1n) is 11.0. The number of benzene rings is 1. The van der Waals surface area contributed by atoms with Gasteiger partial charge in [-0.3, -0.25) is 14.5 Å². The van der Waals surface area contributed by atoms with Gasteiger partial charge in [0, 0.05) is 23.3 Å². The number of rotatable bonds is 5. The molecular formula is C22H32ClN3O4S. The first kappa shape index (κ1) is 24.0. The SMILES string of the molecule is CCS(=O)(=O)N1CC(=O)N(c2ccc(Cl)cc2)[C@@](C)(C(=O)NC2CCCCCCC2)C1. The Morgan fingerprint density at radius 3 is 2.29 bits per heavy atom. The zero-order valence-corrected chi connectivity index (χ0v) is 19.8. The number of piperazine rings is 1. The van der Waals surface area contributed by atoms with Gasteiger partial charge in [0.1, 0.15) is 5.54 Å². The molecule has 0 radical (unpaired) electrons. The van der Waals surface area contributed by atoms with Crippen molar-refractivity contribution in [2.45, 2.75) is 70.4 Å². The monoisotopic (exact) mass is 469 g/mol. The lowest BCUT2D eigenvalue weighted by atomic mass is 9.92. The van der Waals surface area contributed by atoms with E-state index in [-0.39, 0.29) is 30.8 Å². The van der Waals surface area contributed by atoms with Crippen molar-refractivity contribution in [2.24, 2.45) is 0 Å². The number of amides is 2. The quantitative estimate of drug-likeness (QED) is 0.716. The number of sulfonamides is 1. The van der Waals surface area contributed by atoms with Gasteiger partial charge < -0.3 is 5.32 Å². The molecule has 1 saturated carbocycles. The third kappa shape index (κ3) is 5.41. The number of nitrogens with zero attached hydrogens (tertiary/aromatic N) is 2. The molecule has 2 aliphatic rings. The van der Waals surface area contributed by atoms with Crippen LogP contribution in [0, 0.1) is 0 Å². The fraction of sp³-hybridized carbons (Fsp3) is 0.636. The van der Waals surface area contributed by atoms with E-state index in [4.69, 9.17) is 11.6 Å². The van der Waals surface area contributed by atoms with Gasteiger partial charge in [0.2, 0.25) is 21.8 Å². The summed E-state index contributed by atoms with van der Waals surface area (Å²) < 4.78 is 26.3. The minimum Gasteiger partial charge on any atom is -0.351 e. The summed E-state index contributed by atoms with van der Waals surface area (Å²) in [5.74, 6) is -0.875. The van der Waals surface area contributed by atoms with E-state index >= 15 is 0 Å². The Bertz CT molecular complexity index is 898. The van der Waals surface area contributed by atoms with Crippen molar-refractivity contribution in [1.29, 1.82) is 0 Å². The Hall–Kier alpha value is -1.64. The van der Waals surface area contributed by atoms with Gasteiger partial charge in [0.25, 0.3) is 0 Å². The Morgan fingerprint density at radius 1 is 1.13 bits per heavy atom. The van der Waals surface area contributed by atoms with Gasteiger partial charge in [-0.1, -0.05) is 43.7 Å². The van der Waals surface area contributed by atoms with Gasteiger partial charge in [0.05, 0.1) is 12.3 Å². The fourth-order valence-corrected chi connectivity index (χ4v) is 5.73. The zero-order valence-electron chi connectivity index (χ0n) is 18.3. The average molecular weight is 470 g/mol. The van der Waals surface area contributed by atoms with Crippen molar-refractivity contribution in [3.05, 3.63) is 29.3 Å². The normalized spacial score (nSPS) is 24.5. The molecule has 0 unspecified atom stereocenters. The minimum absolute atomic E-state index is 0.0324. The van der Waals surface area contributed by atoms with Crippen LogP contribution in [0.1, 0.15) is 58.8 Å². The molecule has 1 aliphatic heterocycles. The van der Waals surface area contributed by atoms with E-state index in [0.717, 1.165) is 42.8 Å². The second-order valence-electron chi connectivity index (χ2n) is 8.66. The molecule has 2 amide bonds. The number of halogens is 1. The van der Waals surface area contributed by atoms with Gasteiger partial charge in [-0.2, -0.15) is 4.31 Å². The molecule has 1 aromatic carbocycles. The van der Waals surface area contributed by atoms with Crippen molar-refractivity contribution in [3.63, 3.8) is 0 Å². The molecular weight excluding hydrogens is 438 g/mol. The molecule has 2 fully saturated rings. The van der Waals surface area contributed by atoms with Gasteiger partial charge >= 0.3 is 0 Å². The predicted octanol–water partition coefficient (Wildman–Crippen LogP) is 3.33. The third-order valence-electron chi connectivity index (χ3n) is 6.31. The molecule has 1 N–H and O–H groups in total. The summed E-state index contributed by atoms with van der Waals surface area (Å²) in [5.41, 5.74) is -0.841. The molecule has 1 atom stereocenters. The van der Waals surface area contributed by atoms with Crippen molar-refractivity contribution >= 4 is 39.1 Å². The van der Waals surface area contributed by atoms with Crippen LogP contribution in [0.4, 0.5) is 5.69 Å². The van der Waals surface area contributed by atoms with Gasteiger partial charge in [-0.25, -0.2) is 8.42 Å². The Balaban J connectivity index is 1.94. The van der Waals surface area contributed by atoms with E-state index in [0.29, 0.717) is 10.7 Å². The molecule has 0 aromatic heterocycles. The second kappa shape index (κ2) is 9.88. The number of carbonyl (C=O) groups excluding carboxylic acids is 2. The number of nitrogens with one attached hydrogen (secondary N) is 1. The number of carbonyl (C=O) groups is 2. The summed E-state index contributed by atoms with van der Waals surface area (Å²) in [4.78, 5) is 28.2. The van der Waals surface area contributed by atoms with Crippen molar-refractivity contribution < 1.29 is 18.0 Å². The molecule has 31 heavy (non-hydrogen) atoms. The first-order valence-corrected chi connectivity index (χ1v) is 13.0. The molecule has 1 heterocycles. The van der Waals surface area contributed by atoms with E-state index in [1.54, 1.807) is 31.2 Å². The number of anilines is 1. The first-order chi connectivity index (χ1) is 14.7. The van der Waals surface area contributed by atoms with E-state index < -0.39 is 21.5 Å². The molecule has 1 saturated heterocycles. The molecule has 1 aliphatic carbocycles. The Kier molecular flexibility index (Phi) is 7.65. The van der Waals surface area contributed by atoms with Crippen molar-refractivity contribution in [2.75, 3.05) is 23.7 Å². The largest absolute Gasteiger partial charge is 0.351 e. The van der Waals surface area contributed by atoms with E-state index in [9.17, 15) is 18.0 Å². The lowest BCUT2D eigenvalue weighted by Gasteiger charge is -2.47. The lowest BCUT2D eigenvalue weighted by molar-refractivity contribution is -0.133. The standard InChI is InChI=1S/C22H32ClN3O4S/c1-3-31(29,30)25-15-20(27)26(19-13-11-17(23)12-14-19)22(2,16-25)21(28)24-18-9-7-5-4-6-8-10-18/h11-14,18H,3-10,15-16H2,1-2H3,(H,24,28)/t22-/m1/s1. The van der Waals surface area contributed by atoms with E-state index in [1.165, 1.54) is 18.2 Å². The summed E-state index contributed by atoms with van der Waals surface area (Å²) in [6.07, 6.45) is 7.43. The van der Waals surface area contributed by atoms with Crippen LogP contribution in [-0.2, 0) is 19.6 Å². The fourth-order valence-electron chi connectivity index (χ4n) is 4.48. The molecule has 3 rings (SSSR count). The highest BCUT2D eigenvalue weighted by molar-refractivity contribution is 7.89. The van der Waals surface area contributed by atoms with E-state index in [1.807, 2.05) is 0 Å². The predicted molar refractivity (Wildman–Crippen MR) is 123 cm³/mol. The summed E-state index contributed by atoms with van der Waals surface area (Å²) in [5, 5.41) is 3.66. The van der Waals surface area contributed by atoms with E-state index in [2.05, 4.69) is 5.32 Å². The smallest absolute Gasteiger partial charge is 0.247 e. The van der Waals surface area contributed by atoms with Crippen LogP contribution >= 0.6 is 11.6 Å². The number of hydrogen-bond donors (Lipinski definition) is 1. The molecule has 0 bridgehead atoms. The Labute approximate surface area is 190 Å². The van der Waals surface area contributed by atoms with Crippen LogP contribution < -0.4 is 10.2 Å². The lowest BCUT2D eigenvalue weighted by Crippen LogP contribution is -2.70. The van der Waals surface area contributed by atoms with Crippen LogP contribution in [0.5, 0.6) is 0 Å². The van der Waals surface area contributed by atoms with Crippen molar-refractivity contribution in [3.8, 4) is 0 Å². The van der Waals surface area contributed by atoms with Crippen LogP contribution in [0.2, 0.25) is 5.02 Å². The molecule has 0 spiro atoms. The minimum atomic E-state index is -3.63. The van der Waals surface area contributed by atoms with Crippen LogP contribution in [0.25, 0.3) is 0 Å². The Morgan fingerprint density at radius 2 is 1.71 bits per heavy atom. The molecule has 1 aromatic rings. The summed E-state index contributed by atoms with van der Waals surface area (Å²) >= 11 is 6.01. The summed E-state index contributed by atoms with van der Waals surface area (Å²) in [7, 11) is -3.63. The maximum absolute atomic E-state index is 13.6. The maximum atomic E-state index is 13.6. The highest BCUT2D eigenvalue weighted by Crippen LogP contribution is 2.32. The zero-order chi connectivity index (χ0) is 22.6. The highest BCUT2D eigenvalue weighted by atomic mass is 35.5. The highest BCUT2D eigenvalue weighted by Gasteiger charge is 2.50. The van der Waals surface area contributed by atoms with Crippen LogP contribution in [0.3, 0.4) is 0 Å².